The molecule has 0 saturated carbocycles. The van der Waals surface area contributed by atoms with E-state index in [-0.39, 0.29) is 12.2 Å². The lowest BCUT2D eigenvalue weighted by Crippen LogP contribution is -1.99. The minimum absolute atomic E-state index is 0.0837. The molecule has 0 radical (unpaired) electrons. The van der Waals surface area contributed by atoms with Crippen molar-refractivity contribution < 1.29 is 13.2 Å². The third kappa shape index (κ3) is 3.62. The lowest BCUT2D eigenvalue weighted by molar-refractivity contribution is 0.511. The Morgan fingerprint density at radius 2 is 1.53 bits per heavy atom. The summed E-state index contributed by atoms with van der Waals surface area (Å²) in [6.07, 6.45) is 5.96. The highest BCUT2D eigenvalue weighted by Crippen LogP contribution is 2.33. The van der Waals surface area contributed by atoms with E-state index in [1.807, 2.05) is 13.8 Å². The normalized spacial score (nSPS) is 19.9. The number of hydrogen-bond acceptors (Lipinski definition) is 0. The van der Waals surface area contributed by atoms with Crippen molar-refractivity contribution >= 4 is 0 Å². The molecule has 0 heterocycles. The Morgan fingerprint density at radius 1 is 0.882 bits per heavy atom. The molecule has 0 saturated heterocycles. The maximum atomic E-state index is 13.0. The van der Waals surface area contributed by atoms with Gasteiger partial charge in [-0.05, 0) is 48.6 Å². The van der Waals surface area contributed by atoms with Crippen LogP contribution >= 0.6 is 0 Å². The predicted octanol–water partition coefficient (Wildman–Crippen LogP) is 5.46. The standard InChI is InChI=1S/C12H11F3.C2H6/c13-10-3-1-2-8(6-10)9-4-5-11(14)12(15)7-9;1-2/h3,6-7H,1-2,4-5H2;1-2H3. The molecule has 17 heavy (non-hydrogen) atoms. The zero-order valence-electron chi connectivity index (χ0n) is 10.2. The van der Waals surface area contributed by atoms with Gasteiger partial charge in [-0.25, -0.2) is 13.2 Å². The molecule has 3 heteroatoms. The van der Waals surface area contributed by atoms with Crippen LogP contribution in [0.2, 0.25) is 0 Å². The number of halogens is 3. The van der Waals surface area contributed by atoms with E-state index in [9.17, 15) is 13.2 Å². The molecular formula is C14H17F3. The fourth-order valence-corrected chi connectivity index (χ4v) is 1.84. The van der Waals surface area contributed by atoms with Crippen LogP contribution in [-0.2, 0) is 0 Å². The first kappa shape index (κ1) is 13.8. The molecular weight excluding hydrogens is 225 g/mol. The Bertz CT molecular complexity index is 398. The lowest BCUT2D eigenvalue weighted by atomic mass is 9.91. The zero-order valence-corrected chi connectivity index (χ0v) is 10.2. The third-order valence-corrected chi connectivity index (χ3v) is 2.65. The fraction of sp³-hybridized carbons (Fsp3) is 0.429. The minimum atomic E-state index is -0.813. The van der Waals surface area contributed by atoms with Crippen LogP contribution in [0.4, 0.5) is 13.2 Å². The fourth-order valence-electron chi connectivity index (χ4n) is 1.84. The van der Waals surface area contributed by atoms with Gasteiger partial charge in [0.05, 0.1) is 0 Å². The molecule has 2 rings (SSSR count). The van der Waals surface area contributed by atoms with E-state index in [4.69, 9.17) is 0 Å². The molecule has 0 aromatic carbocycles. The second-order valence-electron chi connectivity index (χ2n) is 3.72. The van der Waals surface area contributed by atoms with Gasteiger partial charge in [0, 0.05) is 6.42 Å². The summed E-state index contributed by atoms with van der Waals surface area (Å²) >= 11 is 0. The Labute approximate surface area is 100 Å². The van der Waals surface area contributed by atoms with Gasteiger partial charge in [0.1, 0.15) is 11.7 Å². The summed E-state index contributed by atoms with van der Waals surface area (Å²) in [4.78, 5) is 0. The second-order valence-corrected chi connectivity index (χ2v) is 3.72. The van der Waals surface area contributed by atoms with Crippen LogP contribution in [0, 0.1) is 0 Å². The molecule has 0 fully saturated rings. The summed E-state index contributed by atoms with van der Waals surface area (Å²) in [6.45, 7) is 4.00. The summed E-state index contributed by atoms with van der Waals surface area (Å²) in [5.74, 6) is -1.80. The van der Waals surface area contributed by atoms with Crippen LogP contribution in [0.25, 0.3) is 0 Å². The van der Waals surface area contributed by atoms with E-state index in [1.165, 1.54) is 18.2 Å². The largest absolute Gasteiger partial charge is 0.209 e. The molecule has 2 aliphatic carbocycles. The van der Waals surface area contributed by atoms with Crippen LogP contribution in [0.3, 0.4) is 0 Å². The quantitative estimate of drug-likeness (QED) is 0.573. The first-order valence-corrected chi connectivity index (χ1v) is 5.98. The summed E-state index contributed by atoms with van der Waals surface area (Å²) < 4.78 is 38.7. The maximum Gasteiger partial charge on any atom is 0.154 e. The van der Waals surface area contributed by atoms with Crippen LogP contribution in [0.1, 0.15) is 39.5 Å². The topological polar surface area (TPSA) is 0 Å². The van der Waals surface area contributed by atoms with E-state index < -0.39 is 11.7 Å². The van der Waals surface area contributed by atoms with Gasteiger partial charge >= 0.3 is 0 Å². The van der Waals surface area contributed by atoms with E-state index >= 15 is 0 Å². The molecule has 0 aromatic heterocycles. The van der Waals surface area contributed by atoms with Gasteiger partial charge in [-0.2, -0.15) is 0 Å². The van der Waals surface area contributed by atoms with Gasteiger partial charge in [0.2, 0.25) is 0 Å². The van der Waals surface area contributed by atoms with Crippen LogP contribution in [0.5, 0.6) is 0 Å². The average Bonchev–Trinajstić information content (AvgIpc) is 2.35. The number of rotatable bonds is 1. The smallest absolute Gasteiger partial charge is 0.154 e. The van der Waals surface area contributed by atoms with Gasteiger partial charge in [-0.3, -0.25) is 0 Å². The SMILES string of the molecule is CC.FC1=CCCC(C2=CC(F)=C(F)CC2)=C1. The molecule has 0 spiro atoms. The van der Waals surface area contributed by atoms with E-state index in [1.54, 1.807) is 0 Å². The van der Waals surface area contributed by atoms with Crippen molar-refractivity contribution in [3.05, 3.63) is 46.9 Å². The van der Waals surface area contributed by atoms with E-state index in [2.05, 4.69) is 0 Å². The first-order valence-electron chi connectivity index (χ1n) is 5.98. The van der Waals surface area contributed by atoms with Crippen molar-refractivity contribution in [1.29, 1.82) is 0 Å². The summed E-state index contributed by atoms with van der Waals surface area (Å²) in [7, 11) is 0. The van der Waals surface area contributed by atoms with Gasteiger partial charge in [-0.1, -0.05) is 13.8 Å². The average molecular weight is 242 g/mol. The highest BCUT2D eigenvalue weighted by Gasteiger charge is 2.17. The Hall–Kier alpha value is -1.25. The lowest BCUT2D eigenvalue weighted by Gasteiger charge is -2.16. The van der Waals surface area contributed by atoms with Gasteiger partial charge in [-0.15, -0.1) is 0 Å². The molecule has 0 nitrogen and oxygen atoms in total. The minimum Gasteiger partial charge on any atom is -0.209 e. The summed E-state index contributed by atoms with van der Waals surface area (Å²) in [5, 5.41) is 0. The Morgan fingerprint density at radius 3 is 2.12 bits per heavy atom. The van der Waals surface area contributed by atoms with Crippen LogP contribution < -0.4 is 0 Å². The zero-order chi connectivity index (χ0) is 12.8. The molecule has 0 atom stereocenters. The van der Waals surface area contributed by atoms with Crippen molar-refractivity contribution in [2.75, 3.05) is 0 Å². The highest BCUT2D eigenvalue weighted by molar-refractivity contribution is 5.43. The predicted molar refractivity (Wildman–Crippen MR) is 64.4 cm³/mol. The van der Waals surface area contributed by atoms with Crippen molar-refractivity contribution in [3.63, 3.8) is 0 Å². The number of hydrogen-bond donors (Lipinski definition) is 0. The van der Waals surface area contributed by atoms with Crippen LogP contribution in [0.15, 0.2) is 46.9 Å². The molecule has 94 valence electrons. The Balaban J connectivity index is 0.000000686. The van der Waals surface area contributed by atoms with E-state index in [0.29, 0.717) is 19.3 Å². The van der Waals surface area contributed by atoms with Crippen molar-refractivity contribution in [1.82, 2.24) is 0 Å². The third-order valence-electron chi connectivity index (χ3n) is 2.65. The molecule has 0 N–H and O–H groups in total. The van der Waals surface area contributed by atoms with Gasteiger partial charge in [0.25, 0.3) is 0 Å². The first-order chi connectivity index (χ1) is 8.16. The molecule has 0 aliphatic heterocycles. The Kier molecular flexibility index (Phi) is 5.26. The second kappa shape index (κ2) is 6.48. The number of allylic oxidation sites excluding steroid dienone is 8. The van der Waals surface area contributed by atoms with E-state index in [0.717, 1.165) is 11.1 Å². The summed E-state index contributed by atoms with van der Waals surface area (Å²) in [6, 6.07) is 0. The maximum absolute atomic E-state index is 13.0. The van der Waals surface area contributed by atoms with Gasteiger partial charge < -0.3 is 0 Å². The van der Waals surface area contributed by atoms with Crippen molar-refractivity contribution in [3.8, 4) is 0 Å². The van der Waals surface area contributed by atoms with Crippen molar-refractivity contribution in [2.24, 2.45) is 0 Å². The monoisotopic (exact) mass is 242 g/mol. The van der Waals surface area contributed by atoms with Crippen molar-refractivity contribution in [2.45, 2.75) is 39.5 Å². The molecule has 0 bridgehead atoms. The molecule has 0 amide bonds. The highest BCUT2D eigenvalue weighted by atomic mass is 19.2. The van der Waals surface area contributed by atoms with Gasteiger partial charge in [0.15, 0.2) is 5.83 Å². The molecule has 0 aromatic rings. The summed E-state index contributed by atoms with van der Waals surface area (Å²) in [5.41, 5.74) is 1.51. The molecule has 2 aliphatic rings. The molecule has 0 unspecified atom stereocenters. The van der Waals surface area contributed by atoms with Crippen LogP contribution in [-0.4, -0.2) is 0 Å².